The maximum atomic E-state index is 12.5. The molecule has 144 valence electrons. The largest absolute Gasteiger partial charge is 0.348 e. The summed E-state index contributed by atoms with van der Waals surface area (Å²) in [6, 6.07) is 8.84. The molecule has 5 nitrogen and oxygen atoms in total. The number of aromatic nitrogens is 2. The Labute approximate surface area is 161 Å². The summed E-state index contributed by atoms with van der Waals surface area (Å²) >= 11 is 0. The summed E-state index contributed by atoms with van der Waals surface area (Å²) in [4.78, 5) is 24.4. The zero-order chi connectivity index (χ0) is 18.7. The second kappa shape index (κ2) is 7.85. The van der Waals surface area contributed by atoms with Gasteiger partial charge >= 0.3 is 0 Å². The van der Waals surface area contributed by atoms with Crippen molar-refractivity contribution >= 4 is 5.91 Å². The number of carbonyl (C=O) groups is 1. The van der Waals surface area contributed by atoms with Crippen LogP contribution in [0, 0.1) is 12.3 Å². The molecule has 1 atom stereocenters. The Morgan fingerprint density at radius 3 is 3.00 bits per heavy atom. The second-order valence-corrected chi connectivity index (χ2v) is 8.45. The molecule has 0 radical (unpaired) electrons. The van der Waals surface area contributed by atoms with Crippen LogP contribution in [-0.2, 0) is 17.8 Å². The summed E-state index contributed by atoms with van der Waals surface area (Å²) in [7, 11) is 0. The van der Waals surface area contributed by atoms with Crippen LogP contribution in [0.25, 0.3) is 0 Å². The van der Waals surface area contributed by atoms with Gasteiger partial charge in [-0.25, -0.2) is 4.98 Å². The summed E-state index contributed by atoms with van der Waals surface area (Å²) in [5.41, 5.74) is 4.10. The number of aromatic amines is 1. The lowest BCUT2D eigenvalue weighted by Gasteiger charge is -2.48. The van der Waals surface area contributed by atoms with Crippen molar-refractivity contribution in [3.8, 4) is 0 Å². The molecule has 0 aliphatic carbocycles. The number of nitrogens with one attached hydrogen (secondary N) is 1. The molecule has 0 bridgehead atoms. The molecule has 1 aromatic heterocycles. The molecule has 2 aromatic rings. The Morgan fingerprint density at radius 1 is 1.26 bits per heavy atom. The van der Waals surface area contributed by atoms with Gasteiger partial charge in [0.15, 0.2) is 0 Å². The molecule has 1 unspecified atom stereocenters. The molecule has 2 fully saturated rings. The van der Waals surface area contributed by atoms with Crippen LogP contribution in [0.2, 0.25) is 0 Å². The van der Waals surface area contributed by atoms with Gasteiger partial charge in [-0.05, 0) is 38.3 Å². The Morgan fingerprint density at radius 2 is 2.19 bits per heavy atom. The molecule has 1 aromatic carbocycles. The summed E-state index contributed by atoms with van der Waals surface area (Å²) < 4.78 is 0. The number of amides is 1. The van der Waals surface area contributed by atoms with E-state index in [1.54, 1.807) is 6.33 Å². The number of benzene rings is 1. The lowest BCUT2D eigenvalue weighted by Crippen LogP contribution is -2.54. The topological polar surface area (TPSA) is 52.2 Å². The Hall–Kier alpha value is -2.14. The standard InChI is InChI=1S/C22H30N4O/c1-18-4-2-5-19(12-18)14-25-10-3-8-22(15-25)9-6-21(27)26(16-22)11-7-20-13-23-17-24-20/h2,4-5,12-13,17H,3,6-11,14-16H2,1H3,(H,23,24). The van der Waals surface area contributed by atoms with Crippen molar-refractivity contribution in [2.45, 2.75) is 45.6 Å². The van der Waals surface area contributed by atoms with Gasteiger partial charge in [0.2, 0.25) is 5.91 Å². The minimum atomic E-state index is 0.268. The second-order valence-electron chi connectivity index (χ2n) is 8.45. The van der Waals surface area contributed by atoms with Gasteiger partial charge in [0.05, 0.1) is 6.33 Å². The molecule has 1 amide bonds. The van der Waals surface area contributed by atoms with E-state index in [9.17, 15) is 4.79 Å². The van der Waals surface area contributed by atoms with E-state index in [1.165, 1.54) is 24.0 Å². The number of likely N-dealkylation sites (tertiary alicyclic amines) is 2. The number of nitrogens with zero attached hydrogens (tertiary/aromatic N) is 3. The molecule has 2 aliphatic rings. The van der Waals surface area contributed by atoms with E-state index in [1.807, 2.05) is 6.20 Å². The highest BCUT2D eigenvalue weighted by atomic mass is 16.2. The van der Waals surface area contributed by atoms with E-state index in [4.69, 9.17) is 0 Å². The van der Waals surface area contributed by atoms with Crippen molar-refractivity contribution in [1.82, 2.24) is 19.8 Å². The van der Waals surface area contributed by atoms with Gasteiger partial charge in [-0.3, -0.25) is 9.69 Å². The number of hydrogen-bond acceptors (Lipinski definition) is 3. The van der Waals surface area contributed by atoms with Gasteiger partial charge in [0.1, 0.15) is 0 Å². The predicted octanol–water partition coefficient (Wildman–Crippen LogP) is 3.17. The van der Waals surface area contributed by atoms with Crippen LogP contribution in [0.5, 0.6) is 0 Å². The highest BCUT2D eigenvalue weighted by Crippen LogP contribution is 2.39. The van der Waals surface area contributed by atoms with E-state index < -0.39 is 0 Å². The molecule has 27 heavy (non-hydrogen) atoms. The quantitative estimate of drug-likeness (QED) is 0.884. The van der Waals surface area contributed by atoms with Crippen molar-refractivity contribution in [3.63, 3.8) is 0 Å². The fourth-order valence-corrected chi connectivity index (χ4v) is 4.83. The minimum absolute atomic E-state index is 0.268. The summed E-state index contributed by atoms with van der Waals surface area (Å²) in [6.07, 6.45) is 8.62. The Bertz CT molecular complexity index is 772. The summed E-state index contributed by atoms with van der Waals surface area (Å²) in [6.45, 7) is 7.15. The van der Waals surface area contributed by atoms with Gasteiger partial charge in [-0.2, -0.15) is 0 Å². The fourth-order valence-electron chi connectivity index (χ4n) is 4.83. The predicted molar refractivity (Wildman–Crippen MR) is 106 cm³/mol. The minimum Gasteiger partial charge on any atom is -0.348 e. The normalized spacial score (nSPS) is 23.9. The monoisotopic (exact) mass is 366 g/mol. The first kappa shape index (κ1) is 18.2. The maximum absolute atomic E-state index is 12.5. The molecule has 1 spiro atoms. The number of imidazole rings is 1. The van der Waals surface area contributed by atoms with Gasteiger partial charge < -0.3 is 9.88 Å². The number of rotatable bonds is 5. The lowest BCUT2D eigenvalue weighted by atomic mass is 9.73. The Balaban J connectivity index is 1.39. The van der Waals surface area contributed by atoms with Gasteiger partial charge in [0, 0.05) is 56.3 Å². The van der Waals surface area contributed by atoms with Crippen LogP contribution < -0.4 is 0 Å². The fraction of sp³-hybridized carbons (Fsp3) is 0.545. The van der Waals surface area contributed by atoms with E-state index >= 15 is 0 Å². The Kier molecular flexibility index (Phi) is 5.30. The van der Waals surface area contributed by atoms with Crippen LogP contribution in [0.1, 0.15) is 42.5 Å². The first-order chi connectivity index (χ1) is 13.1. The van der Waals surface area contributed by atoms with Crippen molar-refractivity contribution in [2.75, 3.05) is 26.2 Å². The number of hydrogen-bond donors (Lipinski definition) is 1. The van der Waals surface area contributed by atoms with Crippen LogP contribution in [0.15, 0.2) is 36.8 Å². The highest BCUT2D eigenvalue weighted by molar-refractivity contribution is 5.77. The molecule has 2 aliphatic heterocycles. The van der Waals surface area contributed by atoms with E-state index in [0.717, 1.165) is 51.3 Å². The smallest absolute Gasteiger partial charge is 0.222 e. The SMILES string of the molecule is Cc1cccc(CN2CCCC3(CCC(=O)N(CCc4cnc[nH]4)C3)C2)c1. The molecule has 1 N–H and O–H groups in total. The van der Waals surface area contributed by atoms with Crippen molar-refractivity contribution in [1.29, 1.82) is 0 Å². The van der Waals surface area contributed by atoms with Gasteiger partial charge in [-0.15, -0.1) is 0 Å². The maximum Gasteiger partial charge on any atom is 0.222 e. The number of H-pyrrole nitrogens is 1. The first-order valence-corrected chi connectivity index (χ1v) is 10.1. The average Bonchev–Trinajstić information content (AvgIpc) is 3.17. The summed E-state index contributed by atoms with van der Waals surface area (Å²) in [5, 5.41) is 0. The third-order valence-electron chi connectivity index (χ3n) is 6.18. The molecule has 4 rings (SSSR count). The molecular formula is C22H30N4O. The third kappa shape index (κ3) is 4.41. The zero-order valence-electron chi connectivity index (χ0n) is 16.3. The molecule has 2 saturated heterocycles. The average molecular weight is 367 g/mol. The van der Waals surface area contributed by atoms with Gasteiger partial charge in [-0.1, -0.05) is 29.8 Å². The molecule has 3 heterocycles. The van der Waals surface area contributed by atoms with Crippen molar-refractivity contribution in [2.24, 2.45) is 5.41 Å². The summed E-state index contributed by atoms with van der Waals surface area (Å²) in [5.74, 6) is 0.316. The van der Waals surface area contributed by atoms with Gasteiger partial charge in [0.25, 0.3) is 0 Å². The first-order valence-electron chi connectivity index (χ1n) is 10.1. The van der Waals surface area contributed by atoms with Crippen LogP contribution >= 0.6 is 0 Å². The van der Waals surface area contributed by atoms with Crippen LogP contribution in [0.3, 0.4) is 0 Å². The van der Waals surface area contributed by atoms with E-state index in [2.05, 4.69) is 51.0 Å². The molecule has 0 saturated carbocycles. The van der Waals surface area contributed by atoms with Crippen molar-refractivity contribution in [3.05, 3.63) is 53.6 Å². The third-order valence-corrected chi connectivity index (χ3v) is 6.18. The van der Waals surface area contributed by atoms with E-state index in [0.29, 0.717) is 12.3 Å². The zero-order valence-corrected chi connectivity index (χ0v) is 16.3. The van der Waals surface area contributed by atoms with E-state index in [-0.39, 0.29) is 5.41 Å². The highest BCUT2D eigenvalue weighted by Gasteiger charge is 2.41. The van der Waals surface area contributed by atoms with Crippen molar-refractivity contribution < 1.29 is 4.79 Å². The molecular weight excluding hydrogens is 336 g/mol. The molecule has 5 heteroatoms. The number of piperidine rings is 2. The van der Waals surface area contributed by atoms with Crippen LogP contribution in [-0.4, -0.2) is 51.9 Å². The van der Waals surface area contributed by atoms with Crippen LogP contribution in [0.4, 0.5) is 0 Å². The number of carbonyl (C=O) groups excluding carboxylic acids is 1. The number of aryl methyl sites for hydroxylation is 1. The lowest BCUT2D eigenvalue weighted by molar-refractivity contribution is -0.139.